The second-order valence-electron chi connectivity index (χ2n) is 6.99. The van der Waals surface area contributed by atoms with Gasteiger partial charge < -0.3 is 0 Å². The van der Waals surface area contributed by atoms with E-state index in [4.69, 9.17) is 0 Å². The molecule has 0 bridgehead atoms. The van der Waals surface area contributed by atoms with E-state index in [0.29, 0.717) is 28.2 Å². The molecule has 10 heteroatoms. The third kappa shape index (κ3) is 3.51. The van der Waals surface area contributed by atoms with E-state index in [0.717, 1.165) is 18.5 Å². The van der Waals surface area contributed by atoms with E-state index >= 15 is 0 Å². The van der Waals surface area contributed by atoms with Crippen molar-refractivity contribution in [1.82, 2.24) is 25.6 Å². The number of non-ortho nitro benzene ring substituents is 1. The maximum absolute atomic E-state index is 12.8. The van der Waals surface area contributed by atoms with Gasteiger partial charge in [0.15, 0.2) is 5.65 Å². The Morgan fingerprint density at radius 3 is 2.45 bits per heavy atom. The number of rotatable bonds is 4. The molecular weight excluding hydrogens is 376 g/mol. The Morgan fingerprint density at radius 2 is 1.83 bits per heavy atom. The molecule has 2 amide bonds. The van der Waals surface area contributed by atoms with Gasteiger partial charge in [0.2, 0.25) is 0 Å². The average molecular weight is 394 g/mol. The number of carbonyl (C=O) groups is 2. The van der Waals surface area contributed by atoms with Crippen LogP contribution in [0, 0.1) is 17.0 Å². The summed E-state index contributed by atoms with van der Waals surface area (Å²) in [5.74, 6) is -0.717. The van der Waals surface area contributed by atoms with Crippen LogP contribution in [-0.4, -0.2) is 31.5 Å². The van der Waals surface area contributed by atoms with Gasteiger partial charge in [-0.1, -0.05) is 0 Å². The van der Waals surface area contributed by atoms with Crippen molar-refractivity contribution in [3.63, 3.8) is 0 Å². The molecule has 1 saturated carbocycles. The standard InChI is InChI=1S/C19H18N6O4/c1-10-16-14(9-15(11-3-4-11)20-17(16)24(2)23-10)19(27)22-21-18(26)12-5-7-13(8-6-12)25(28)29/h5-9,11H,3-4H2,1-2H3,(H,21,26)(H,22,27). The molecule has 1 aliphatic carbocycles. The van der Waals surface area contributed by atoms with Crippen molar-refractivity contribution in [1.29, 1.82) is 0 Å². The normalized spacial score (nSPS) is 13.3. The zero-order valence-corrected chi connectivity index (χ0v) is 15.8. The third-order valence-corrected chi connectivity index (χ3v) is 4.86. The maximum atomic E-state index is 12.8. The second-order valence-corrected chi connectivity index (χ2v) is 6.99. The first-order valence-corrected chi connectivity index (χ1v) is 9.04. The summed E-state index contributed by atoms with van der Waals surface area (Å²) in [6.07, 6.45) is 2.07. The number of nitro groups is 1. The Hall–Kier alpha value is -3.82. The molecule has 2 N–H and O–H groups in total. The number of nitrogens with zero attached hydrogens (tertiary/aromatic N) is 4. The summed E-state index contributed by atoms with van der Waals surface area (Å²) in [4.78, 5) is 39.9. The van der Waals surface area contributed by atoms with Crippen molar-refractivity contribution in [2.45, 2.75) is 25.7 Å². The van der Waals surface area contributed by atoms with Crippen LogP contribution >= 0.6 is 0 Å². The molecule has 148 valence electrons. The van der Waals surface area contributed by atoms with Gasteiger partial charge in [0.1, 0.15) is 0 Å². The predicted molar refractivity (Wildman–Crippen MR) is 103 cm³/mol. The first-order valence-electron chi connectivity index (χ1n) is 9.04. The van der Waals surface area contributed by atoms with Crippen LogP contribution in [0.1, 0.15) is 50.9 Å². The van der Waals surface area contributed by atoms with Gasteiger partial charge in [-0.3, -0.25) is 35.2 Å². The number of aromatic nitrogens is 3. The Morgan fingerprint density at radius 1 is 1.17 bits per heavy atom. The Labute approximate surface area is 165 Å². The zero-order chi connectivity index (χ0) is 20.7. The van der Waals surface area contributed by atoms with Gasteiger partial charge in [-0.2, -0.15) is 5.10 Å². The molecule has 4 rings (SSSR count). The smallest absolute Gasteiger partial charge is 0.267 e. The summed E-state index contributed by atoms with van der Waals surface area (Å²) in [5, 5.41) is 15.7. The van der Waals surface area contributed by atoms with Crippen molar-refractivity contribution in [2.75, 3.05) is 0 Å². The minimum absolute atomic E-state index is 0.121. The van der Waals surface area contributed by atoms with E-state index in [9.17, 15) is 19.7 Å². The summed E-state index contributed by atoms with van der Waals surface area (Å²) >= 11 is 0. The van der Waals surface area contributed by atoms with Crippen LogP contribution in [0.5, 0.6) is 0 Å². The molecule has 0 radical (unpaired) electrons. The summed E-state index contributed by atoms with van der Waals surface area (Å²) in [5.41, 5.74) is 7.35. The molecule has 3 aromatic rings. The fraction of sp³-hybridized carbons (Fsp3) is 0.263. The summed E-state index contributed by atoms with van der Waals surface area (Å²) in [7, 11) is 1.77. The van der Waals surface area contributed by atoms with Gasteiger partial charge in [0.25, 0.3) is 17.5 Å². The number of hydrogen-bond acceptors (Lipinski definition) is 6. The minimum atomic E-state index is -0.580. The maximum Gasteiger partial charge on any atom is 0.270 e. The highest BCUT2D eigenvalue weighted by molar-refractivity contribution is 6.07. The van der Waals surface area contributed by atoms with E-state index in [1.54, 1.807) is 24.7 Å². The largest absolute Gasteiger partial charge is 0.270 e. The quantitative estimate of drug-likeness (QED) is 0.515. The lowest BCUT2D eigenvalue weighted by Crippen LogP contribution is -2.41. The van der Waals surface area contributed by atoms with Crippen LogP contribution in [0.15, 0.2) is 30.3 Å². The van der Waals surface area contributed by atoms with Crippen molar-refractivity contribution < 1.29 is 14.5 Å². The molecule has 0 atom stereocenters. The monoisotopic (exact) mass is 394 g/mol. The average Bonchev–Trinajstić information content (AvgIpc) is 3.52. The number of pyridine rings is 1. The highest BCUT2D eigenvalue weighted by Gasteiger charge is 2.28. The fourth-order valence-electron chi connectivity index (χ4n) is 3.22. The number of amides is 2. The van der Waals surface area contributed by atoms with Gasteiger partial charge in [0, 0.05) is 36.4 Å². The highest BCUT2D eigenvalue weighted by Crippen LogP contribution is 2.40. The minimum Gasteiger partial charge on any atom is -0.267 e. The summed E-state index contributed by atoms with van der Waals surface area (Å²) in [6.45, 7) is 1.80. The molecule has 2 heterocycles. The van der Waals surface area contributed by atoms with Crippen molar-refractivity contribution in [3.05, 3.63) is 63.0 Å². The number of benzene rings is 1. The molecule has 1 aromatic carbocycles. The number of hydrogen-bond donors (Lipinski definition) is 2. The lowest BCUT2D eigenvalue weighted by molar-refractivity contribution is -0.384. The molecule has 0 spiro atoms. The topological polar surface area (TPSA) is 132 Å². The number of aryl methyl sites for hydroxylation is 2. The molecule has 29 heavy (non-hydrogen) atoms. The molecule has 1 fully saturated rings. The number of nitrogens with one attached hydrogen (secondary N) is 2. The lowest BCUT2D eigenvalue weighted by Gasteiger charge is -2.10. The predicted octanol–water partition coefficient (Wildman–Crippen LogP) is 2.14. The van der Waals surface area contributed by atoms with Crippen molar-refractivity contribution >= 4 is 28.5 Å². The summed E-state index contributed by atoms with van der Waals surface area (Å²) in [6, 6.07) is 6.84. The van der Waals surface area contributed by atoms with Crippen LogP contribution in [0.3, 0.4) is 0 Å². The van der Waals surface area contributed by atoms with Crippen LogP contribution < -0.4 is 10.9 Å². The number of nitro benzene ring substituents is 1. The Balaban J connectivity index is 1.56. The van der Waals surface area contributed by atoms with E-state index in [-0.39, 0.29) is 11.3 Å². The molecule has 0 saturated heterocycles. The number of fused-ring (bicyclic) bond motifs is 1. The van der Waals surface area contributed by atoms with Gasteiger partial charge in [-0.05, 0) is 38.0 Å². The SMILES string of the molecule is Cc1nn(C)c2nc(C3CC3)cc(C(=O)NNC(=O)c3ccc([N+](=O)[O-])cc3)c12. The van der Waals surface area contributed by atoms with Gasteiger partial charge in [-0.25, -0.2) is 4.98 Å². The molecule has 10 nitrogen and oxygen atoms in total. The molecule has 2 aromatic heterocycles. The molecular formula is C19H18N6O4. The van der Waals surface area contributed by atoms with Crippen LogP contribution in [0.2, 0.25) is 0 Å². The number of carbonyl (C=O) groups excluding carboxylic acids is 2. The molecule has 1 aliphatic rings. The van der Waals surface area contributed by atoms with Gasteiger partial charge >= 0.3 is 0 Å². The van der Waals surface area contributed by atoms with E-state index in [1.807, 2.05) is 0 Å². The first kappa shape index (κ1) is 18.5. The van der Waals surface area contributed by atoms with Crippen LogP contribution in [-0.2, 0) is 7.05 Å². The Kier molecular flexibility index (Phi) is 4.45. The van der Waals surface area contributed by atoms with Crippen molar-refractivity contribution in [3.8, 4) is 0 Å². The van der Waals surface area contributed by atoms with E-state index in [2.05, 4.69) is 20.9 Å². The number of hydrazine groups is 1. The van der Waals surface area contributed by atoms with E-state index in [1.165, 1.54) is 24.3 Å². The van der Waals surface area contributed by atoms with Crippen molar-refractivity contribution in [2.24, 2.45) is 7.05 Å². The lowest BCUT2D eigenvalue weighted by atomic mass is 10.1. The second kappa shape index (κ2) is 6.97. The molecule has 0 unspecified atom stereocenters. The van der Waals surface area contributed by atoms with Crippen LogP contribution in [0.25, 0.3) is 11.0 Å². The first-order chi connectivity index (χ1) is 13.8. The van der Waals surface area contributed by atoms with Gasteiger partial charge in [0.05, 0.1) is 21.6 Å². The fourth-order valence-corrected chi connectivity index (χ4v) is 3.22. The highest BCUT2D eigenvalue weighted by atomic mass is 16.6. The Bertz CT molecular complexity index is 1150. The molecule has 0 aliphatic heterocycles. The summed E-state index contributed by atoms with van der Waals surface area (Å²) < 4.78 is 1.64. The van der Waals surface area contributed by atoms with Gasteiger partial charge in [-0.15, -0.1) is 0 Å². The zero-order valence-electron chi connectivity index (χ0n) is 15.8. The van der Waals surface area contributed by atoms with Crippen LogP contribution in [0.4, 0.5) is 5.69 Å². The van der Waals surface area contributed by atoms with E-state index < -0.39 is 16.7 Å². The third-order valence-electron chi connectivity index (χ3n) is 4.86.